The molecule has 4 aromatic rings. The van der Waals surface area contributed by atoms with Crippen molar-refractivity contribution in [2.75, 3.05) is 13.7 Å². The van der Waals surface area contributed by atoms with Crippen LogP contribution in [0.5, 0.6) is 28.7 Å². The summed E-state index contributed by atoms with van der Waals surface area (Å²) in [5.41, 5.74) is -0.145. The van der Waals surface area contributed by atoms with Crippen molar-refractivity contribution in [3.8, 4) is 40.1 Å². The lowest BCUT2D eigenvalue weighted by Gasteiger charge is -2.34. The minimum atomic E-state index is -1.69. The van der Waals surface area contributed by atoms with E-state index in [1.807, 2.05) is 0 Å². The number of carbonyl (C=O) groups is 6. The maximum Gasteiger partial charge on any atom is 0.330 e. The highest BCUT2D eigenvalue weighted by molar-refractivity contribution is 5.91. The second-order valence-corrected chi connectivity index (χ2v) is 12.3. The Morgan fingerprint density at radius 2 is 1.33 bits per heavy atom. The van der Waals surface area contributed by atoms with Gasteiger partial charge in [0, 0.05) is 64.5 Å². The molecular formula is C41H36O17. The molecule has 0 radical (unpaired) electrons. The van der Waals surface area contributed by atoms with Gasteiger partial charge in [-0.2, -0.15) is 0 Å². The quantitative estimate of drug-likeness (QED) is 0.0754. The molecule has 3 aromatic carbocycles. The lowest BCUT2D eigenvalue weighted by molar-refractivity contribution is -0.200. The molecule has 302 valence electrons. The Morgan fingerprint density at radius 1 is 0.724 bits per heavy atom. The number of fused-ring (bicyclic) bond motifs is 1. The van der Waals surface area contributed by atoms with E-state index in [0.29, 0.717) is 11.3 Å². The molecule has 3 atom stereocenters. The number of ether oxygens (including phenoxy) is 9. The number of esters is 6. The van der Waals surface area contributed by atoms with Crippen molar-refractivity contribution < 1.29 is 75.8 Å². The SMILES string of the molecule is COc1cc(OC(C)=O)c2c(=O)c(O[C@@H]3O[C@H](COC(=O)/C=C/c4ccc(OC(C)=O)cc4)C(OC(C)=O)=CC3OC(C)=O)c(-c3ccc(OC(C)=O)cc3)oc2c1. The Bertz CT molecular complexity index is 2350. The van der Waals surface area contributed by atoms with Gasteiger partial charge in [0.05, 0.1) is 7.11 Å². The minimum absolute atomic E-state index is 0.0802. The highest BCUT2D eigenvalue weighted by Crippen LogP contribution is 2.38. The molecule has 1 aliphatic rings. The smallest absolute Gasteiger partial charge is 0.330 e. The molecule has 0 amide bonds. The van der Waals surface area contributed by atoms with Crippen LogP contribution < -0.4 is 29.1 Å². The summed E-state index contributed by atoms with van der Waals surface area (Å²) in [5.74, 6) is -4.74. The Kier molecular flexibility index (Phi) is 13.4. The van der Waals surface area contributed by atoms with Gasteiger partial charge in [0.15, 0.2) is 18.0 Å². The van der Waals surface area contributed by atoms with Crippen molar-refractivity contribution in [1.29, 1.82) is 0 Å². The third kappa shape index (κ3) is 10.9. The zero-order chi connectivity index (χ0) is 42.1. The van der Waals surface area contributed by atoms with E-state index in [2.05, 4.69) is 0 Å². The van der Waals surface area contributed by atoms with E-state index in [1.54, 1.807) is 12.1 Å². The van der Waals surface area contributed by atoms with E-state index in [1.165, 1.54) is 81.6 Å². The van der Waals surface area contributed by atoms with Crippen LogP contribution in [0.2, 0.25) is 0 Å². The molecule has 0 aliphatic carbocycles. The average Bonchev–Trinajstić information content (AvgIpc) is 3.14. The van der Waals surface area contributed by atoms with Gasteiger partial charge in [0.2, 0.25) is 17.5 Å². The average molecular weight is 801 g/mol. The maximum atomic E-state index is 14.5. The molecule has 17 heteroatoms. The molecule has 1 unspecified atom stereocenters. The van der Waals surface area contributed by atoms with Gasteiger partial charge in [0.25, 0.3) is 0 Å². The minimum Gasteiger partial charge on any atom is -0.496 e. The van der Waals surface area contributed by atoms with E-state index >= 15 is 0 Å². The normalized spacial score (nSPS) is 16.1. The van der Waals surface area contributed by atoms with E-state index in [-0.39, 0.29) is 45.3 Å². The molecule has 2 heterocycles. The summed E-state index contributed by atoms with van der Waals surface area (Å²) >= 11 is 0. The predicted octanol–water partition coefficient (Wildman–Crippen LogP) is 4.98. The number of rotatable bonds is 13. The van der Waals surface area contributed by atoms with Gasteiger partial charge in [-0.1, -0.05) is 12.1 Å². The molecule has 1 aliphatic heterocycles. The van der Waals surface area contributed by atoms with E-state index in [4.69, 9.17) is 47.0 Å². The van der Waals surface area contributed by atoms with Crippen LogP contribution in [0.25, 0.3) is 28.4 Å². The molecule has 0 fully saturated rings. The van der Waals surface area contributed by atoms with Crippen LogP contribution in [0, 0.1) is 0 Å². The van der Waals surface area contributed by atoms with Crippen LogP contribution in [-0.4, -0.2) is 68.0 Å². The van der Waals surface area contributed by atoms with Crippen LogP contribution >= 0.6 is 0 Å². The Hall–Kier alpha value is -7.27. The van der Waals surface area contributed by atoms with Crippen LogP contribution in [0.3, 0.4) is 0 Å². The van der Waals surface area contributed by atoms with Crippen LogP contribution in [0.4, 0.5) is 0 Å². The van der Waals surface area contributed by atoms with Gasteiger partial charge in [-0.05, 0) is 48.0 Å². The first-order valence-electron chi connectivity index (χ1n) is 17.3. The van der Waals surface area contributed by atoms with Crippen molar-refractivity contribution in [2.24, 2.45) is 0 Å². The molecular weight excluding hydrogens is 764 g/mol. The molecule has 17 nitrogen and oxygen atoms in total. The monoisotopic (exact) mass is 800 g/mol. The molecule has 0 bridgehead atoms. The number of hydrogen-bond acceptors (Lipinski definition) is 17. The third-order valence-corrected chi connectivity index (χ3v) is 7.70. The fraction of sp³-hybridized carbons (Fsp3) is 0.244. The summed E-state index contributed by atoms with van der Waals surface area (Å²) in [6.07, 6.45) is -0.766. The Balaban J connectivity index is 1.54. The second kappa shape index (κ2) is 18.6. The second-order valence-electron chi connectivity index (χ2n) is 12.3. The number of benzene rings is 3. The fourth-order valence-electron chi connectivity index (χ4n) is 5.45. The van der Waals surface area contributed by atoms with Gasteiger partial charge < -0.3 is 47.0 Å². The van der Waals surface area contributed by atoms with Crippen LogP contribution in [-0.2, 0) is 47.7 Å². The number of carbonyl (C=O) groups excluding carboxylic acids is 6. The van der Waals surface area contributed by atoms with Crippen molar-refractivity contribution in [3.63, 3.8) is 0 Å². The van der Waals surface area contributed by atoms with Crippen molar-refractivity contribution in [3.05, 3.63) is 94.4 Å². The maximum absolute atomic E-state index is 14.5. The topological polar surface area (TPSA) is 216 Å². The lowest BCUT2D eigenvalue weighted by atomic mass is 10.1. The van der Waals surface area contributed by atoms with Gasteiger partial charge >= 0.3 is 35.8 Å². The molecule has 1 aromatic heterocycles. The zero-order valence-corrected chi connectivity index (χ0v) is 31.9. The van der Waals surface area contributed by atoms with Crippen LogP contribution in [0.15, 0.2) is 87.8 Å². The van der Waals surface area contributed by atoms with Gasteiger partial charge in [-0.3, -0.25) is 28.8 Å². The van der Waals surface area contributed by atoms with E-state index in [0.717, 1.165) is 26.8 Å². The molecule has 0 spiro atoms. The highest BCUT2D eigenvalue weighted by Gasteiger charge is 2.39. The predicted molar refractivity (Wildman–Crippen MR) is 200 cm³/mol. The molecule has 0 saturated heterocycles. The number of hydrogen-bond donors (Lipinski definition) is 0. The summed E-state index contributed by atoms with van der Waals surface area (Å²) in [4.78, 5) is 86.5. The summed E-state index contributed by atoms with van der Waals surface area (Å²) in [7, 11) is 1.35. The standard InChI is InChI=1S/C41H36O17/c1-21(42)51-28-12-7-26(8-13-28)9-16-36(47)50-20-35-31(53-23(3)44)19-34(55-25(5)46)41(57-35)58-40-38(48)37-32(54-24(4)45)17-30(49-6)18-33(37)56-39(40)27-10-14-29(15-11-27)52-22(2)43/h7-19,34-35,41H,20H2,1-6H3/b16-9+/t34?,35-,41+/m1/s1. The molecule has 0 saturated carbocycles. The first kappa shape index (κ1) is 41.9. The highest BCUT2D eigenvalue weighted by atomic mass is 16.7. The van der Waals surface area contributed by atoms with Gasteiger partial charge in [-0.25, -0.2) is 4.79 Å². The fourth-order valence-corrected chi connectivity index (χ4v) is 5.45. The third-order valence-electron chi connectivity index (χ3n) is 7.70. The molecule has 0 N–H and O–H groups in total. The lowest BCUT2D eigenvalue weighted by Crippen LogP contribution is -2.46. The number of methoxy groups -OCH3 is 1. The van der Waals surface area contributed by atoms with Gasteiger partial charge in [0.1, 0.15) is 46.3 Å². The largest absolute Gasteiger partial charge is 0.496 e. The van der Waals surface area contributed by atoms with Crippen molar-refractivity contribution in [2.45, 2.75) is 53.1 Å². The summed E-state index contributed by atoms with van der Waals surface area (Å²) in [6, 6.07) is 14.7. The summed E-state index contributed by atoms with van der Waals surface area (Å²) < 4.78 is 55.5. The van der Waals surface area contributed by atoms with Crippen molar-refractivity contribution >= 4 is 52.9 Å². The summed E-state index contributed by atoms with van der Waals surface area (Å²) in [5, 5.41) is -0.236. The summed E-state index contributed by atoms with van der Waals surface area (Å²) in [6.45, 7) is 5.26. The Labute approximate surface area is 329 Å². The van der Waals surface area contributed by atoms with Crippen LogP contribution in [0.1, 0.15) is 40.2 Å². The van der Waals surface area contributed by atoms with E-state index in [9.17, 15) is 33.6 Å². The zero-order valence-electron chi connectivity index (χ0n) is 31.9. The molecule has 58 heavy (non-hydrogen) atoms. The Morgan fingerprint density at radius 3 is 1.90 bits per heavy atom. The first-order chi connectivity index (χ1) is 27.6. The van der Waals surface area contributed by atoms with Gasteiger partial charge in [-0.15, -0.1) is 0 Å². The first-order valence-corrected chi connectivity index (χ1v) is 17.3. The van der Waals surface area contributed by atoms with Crippen molar-refractivity contribution in [1.82, 2.24) is 0 Å². The van der Waals surface area contributed by atoms with E-state index < -0.39 is 72.1 Å². The molecule has 5 rings (SSSR count).